The van der Waals surface area contributed by atoms with Crippen LogP contribution in [0.2, 0.25) is 0 Å². The number of pyridine rings is 1. The highest BCUT2D eigenvalue weighted by Crippen LogP contribution is 2.26. The molecule has 1 amide bonds. The summed E-state index contributed by atoms with van der Waals surface area (Å²) in [5.74, 6) is -0.698. The number of hydrogen-bond acceptors (Lipinski definition) is 4. The van der Waals surface area contributed by atoms with Crippen molar-refractivity contribution in [1.29, 1.82) is 0 Å². The smallest absolute Gasteiger partial charge is 0.238 e. The molecule has 0 aliphatic rings. The van der Waals surface area contributed by atoms with Crippen molar-refractivity contribution in [2.75, 3.05) is 5.32 Å². The number of nitrogens with one attached hydrogen (secondary N) is 2. The van der Waals surface area contributed by atoms with E-state index >= 15 is 0 Å². The Bertz CT molecular complexity index is 803. The Morgan fingerprint density at radius 1 is 1.39 bits per heavy atom. The number of rotatable bonds is 5. The molecule has 1 atom stereocenters. The fraction of sp³-hybridized carbons (Fsp3) is 0.188. The number of nitrogens with zero attached hydrogens (tertiary/aromatic N) is 2. The molecule has 3 rings (SSSR count). The van der Waals surface area contributed by atoms with Crippen molar-refractivity contribution in [2.45, 2.75) is 23.8 Å². The third kappa shape index (κ3) is 3.50. The van der Waals surface area contributed by atoms with E-state index in [1.54, 1.807) is 30.6 Å². The molecule has 3 aromatic rings. The van der Waals surface area contributed by atoms with E-state index in [2.05, 4.69) is 20.3 Å². The van der Waals surface area contributed by atoms with Gasteiger partial charge < -0.3 is 10.3 Å². The summed E-state index contributed by atoms with van der Waals surface area (Å²) in [4.78, 5) is 23.9. The number of imidazole rings is 1. The first-order valence-corrected chi connectivity index (χ1v) is 8.07. The first-order valence-electron chi connectivity index (χ1n) is 7.19. The zero-order valence-corrected chi connectivity index (χ0v) is 13.2. The van der Waals surface area contributed by atoms with Crippen molar-refractivity contribution in [3.05, 3.63) is 48.5 Å². The molecule has 118 valence electrons. The van der Waals surface area contributed by atoms with E-state index in [4.69, 9.17) is 0 Å². The zero-order valence-electron chi connectivity index (χ0n) is 12.4. The van der Waals surface area contributed by atoms with Gasteiger partial charge in [-0.1, -0.05) is 30.8 Å². The number of anilines is 1. The molecule has 7 heteroatoms. The number of aromatic nitrogens is 3. The number of amides is 1. The second-order valence-electron chi connectivity index (χ2n) is 4.92. The van der Waals surface area contributed by atoms with E-state index < -0.39 is 5.82 Å². The van der Waals surface area contributed by atoms with Crippen LogP contribution in [0.4, 0.5) is 10.1 Å². The quantitative estimate of drug-likeness (QED) is 0.701. The molecule has 1 unspecified atom stereocenters. The van der Waals surface area contributed by atoms with Gasteiger partial charge in [0.1, 0.15) is 5.82 Å². The Kier molecular flexibility index (Phi) is 4.57. The van der Waals surface area contributed by atoms with Crippen LogP contribution in [-0.2, 0) is 4.79 Å². The summed E-state index contributed by atoms with van der Waals surface area (Å²) in [5, 5.41) is 2.90. The Balaban J connectivity index is 1.74. The van der Waals surface area contributed by atoms with Gasteiger partial charge in [-0.3, -0.25) is 9.78 Å². The zero-order chi connectivity index (χ0) is 16.2. The van der Waals surface area contributed by atoms with E-state index in [9.17, 15) is 9.18 Å². The molecule has 0 aliphatic carbocycles. The Morgan fingerprint density at radius 2 is 2.22 bits per heavy atom. The maximum atomic E-state index is 13.6. The van der Waals surface area contributed by atoms with Gasteiger partial charge in [0, 0.05) is 6.20 Å². The number of hydrogen-bond donors (Lipinski definition) is 2. The molecule has 2 aromatic heterocycles. The Hall–Kier alpha value is -2.41. The number of carbonyl (C=O) groups is 1. The molecule has 0 saturated carbocycles. The van der Waals surface area contributed by atoms with Crippen LogP contribution in [0.5, 0.6) is 0 Å². The standard InChI is InChI=1S/C16H15FN4OS/c1-2-14(15(22)19-11-6-4-3-5-10(11)17)23-16-20-12-7-8-18-9-13(12)21-16/h3-9,14H,2H2,1H3,(H,19,22)(H,20,21). The van der Waals surface area contributed by atoms with Gasteiger partial charge in [0.2, 0.25) is 5.91 Å². The number of benzene rings is 1. The van der Waals surface area contributed by atoms with E-state index in [0.29, 0.717) is 11.6 Å². The molecule has 2 N–H and O–H groups in total. The predicted molar refractivity (Wildman–Crippen MR) is 88.9 cm³/mol. The van der Waals surface area contributed by atoms with E-state index in [1.807, 2.05) is 6.92 Å². The molecule has 0 fully saturated rings. The minimum atomic E-state index is -0.449. The third-order valence-electron chi connectivity index (χ3n) is 3.31. The minimum absolute atomic E-state index is 0.186. The summed E-state index contributed by atoms with van der Waals surface area (Å²) in [6, 6.07) is 7.92. The van der Waals surface area contributed by atoms with Gasteiger partial charge in [0.25, 0.3) is 0 Å². The Labute approximate surface area is 136 Å². The van der Waals surface area contributed by atoms with Crippen LogP contribution < -0.4 is 5.32 Å². The lowest BCUT2D eigenvalue weighted by molar-refractivity contribution is -0.115. The summed E-state index contributed by atoms with van der Waals surface area (Å²) in [5.41, 5.74) is 1.80. The first kappa shape index (κ1) is 15.5. The van der Waals surface area contributed by atoms with Crippen molar-refractivity contribution in [2.24, 2.45) is 0 Å². The summed E-state index contributed by atoms with van der Waals surface area (Å²) in [7, 11) is 0. The molecule has 0 radical (unpaired) electrons. The van der Waals surface area contributed by atoms with Crippen molar-refractivity contribution >= 4 is 34.4 Å². The number of carbonyl (C=O) groups excluding carboxylic acids is 1. The van der Waals surface area contributed by atoms with Gasteiger partial charge in [0.15, 0.2) is 5.16 Å². The molecule has 1 aromatic carbocycles. The van der Waals surface area contributed by atoms with E-state index in [-0.39, 0.29) is 16.8 Å². The lowest BCUT2D eigenvalue weighted by Crippen LogP contribution is -2.25. The van der Waals surface area contributed by atoms with Crippen LogP contribution >= 0.6 is 11.8 Å². The highest BCUT2D eigenvalue weighted by atomic mass is 32.2. The normalized spacial score (nSPS) is 12.3. The molecule has 23 heavy (non-hydrogen) atoms. The Morgan fingerprint density at radius 3 is 2.96 bits per heavy atom. The van der Waals surface area contributed by atoms with Gasteiger partial charge in [-0.15, -0.1) is 0 Å². The molecule has 5 nitrogen and oxygen atoms in total. The molecule has 2 heterocycles. The predicted octanol–water partition coefficient (Wildman–Crippen LogP) is 3.61. The number of halogens is 1. The van der Waals surface area contributed by atoms with Gasteiger partial charge >= 0.3 is 0 Å². The summed E-state index contributed by atoms with van der Waals surface area (Å²) in [6.45, 7) is 1.91. The molecule has 0 aliphatic heterocycles. The van der Waals surface area contributed by atoms with E-state index in [0.717, 1.165) is 11.0 Å². The van der Waals surface area contributed by atoms with Crippen LogP contribution in [-0.4, -0.2) is 26.1 Å². The maximum absolute atomic E-state index is 13.6. The van der Waals surface area contributed by atoms with Crippen molar-refractivity contribution in [1.82, 2.24) is 15.0 Å². The van der Waals surface area contributed by atoms with E-state index in [1.165, 1.54) is 23.9 Å². The van der Waals surface area contributed by atoms with Gasteiger partial charge in [-0.25, -0.2) is 9.37 Å². The van der Waals surface area contributed by atoms with Gasteiger partial charge in [0.05, 0.1) is 28.2 Å². The highest BCUT2D eigenvalue weighted by molar-refractivity contribution is 8.00. The van der Waals surface area contributed by atoms with Crippen molar-refractivity contribution < 1.29 is 9.18 Å². The van der Waals surface area contributed by atoms with Crippen LogP contribution in [0.15, 0.2) is 47.9 Å². The number of H-pyrrole nitrogens is 1. The number of thioether (sulfide) groups is 1. The summed E-state index contributed by atoms with van der Waals surface area (Å²) < 4.78 is 13.6. The fourth-order valence-corrected chi connectivity index (χ4v) is 3.04. The fourth-order valence-electron chi connectivity index (χ4n) is 2.12. The topological polar surface area (TPSA) is 70.7 Å². The second kappa shape index (κ2) is 6.78. The number of fused-ring (bicyclic) bond motifs is 1. The van der Waals surface area contributed by atoms with Gasteiger partial charge in [-0.05, 0) is 24.6 Å². The monoisotopic (exact) mass is 330 g/mol. The third-order valence-corrected chi connectivity index (χ3v) is 4.56. The molecular formula is C16H15FN4OS. The minimum Gasteiger partial charge on any atom is -0.332 e. The van der Waals surface area contributed by atoms with Crippen LogP contribution in [0, 0.1) is 5.82 Å². The summed E-state index contributed by atoms with van der Waals surface area (Å²) in [6.07, 6.45) is 3.95. The van der Waals surface area contributed by atoms with Crippen LogP contribution in [0.1, 0.15) is 13.3 Å². The lowest BCUT2D eigenvalue weighted by Gasteiger charge is -2.13. The average Bonchev–Trinajstić information content (AvgIpc) is 2.97. The van der Waals surface area contributed by atoms with Crippen molar-refractivity contribution in [3.8, 4) is 0 Å². The first-order chi connectivity index (χ1) is 11.2. The highest BCUT2D eigenvalue weighted by Gasteiger charge is 2.20. The maximum Gasteiger partial charge on any atom is 0.238 e. The summed E-state index contributed by atoms with van der Waals surface area (Å²) >= 11 is 1.32. The molecule has 0 spiro atoms. The molecular weight excluding hydrogens is 315 g/mol. The largest absolute Gasteiger partial charge is 0.332 e. The number of aromatic amines is 1. The SMILES string of the molecule is CCC(Sc1nc2ccncc2[nH]1)C(=O)Nc1ccccc1F. The number of para-hydroxylation sites is 1. The van der Waals surface area contributed by atoms with Crippen LogP contribution in [0.25, 0.3) is 11.0 Å². The molecule has 0 bridgehead atoms. The van der Waals surface area contributed by atoms with Gasteiger partial charge in [-0.2, -0.15) is 0 Å². The van der Waals surface area contributed by atoms with Crippen LogP contribution in [0.3, 0.4) is 0 Å². The molecule has 0 saturated heterocycles. The van der Waals surface area contributed by atoms with Crippen molar-refractivity contribution in [3.63, 3.8) is 0 Å². The second-order valence-corrected chi connectivity index (χ2v) is 6.11. The average molecular weight is 330 g/mol. The lowest BCUT2D eigenvalue weighted by atomic mass is 10.2.